The number of amides is 1. The number of aryl methyl sites for hydroxylation is 1. The number of carbonyl (C=O) groups is 1. The average molecular weight is 483 g/mol. The number of benzene rings is 3. The molecule has 0 spiro atoms. The minimum absolute atomic E-state index is 0.0371. The second-order valence-corrected chi connectivity index (χ2v) is 9.89. The Balaban J connectivity index is 1.26. The first-order valence-electron chi connectivity index (χ1n) is 12.9. The summed E-state index contributed by atoms with van der Waals surface area (Å²) in [5.74, 6) is 0.219. The first kappa shape index (κ1) is 24.3. The van der Waals surface area contributed by atoms with Crippen LogP contribution in [0.1, 0.15) is 42.4 Å². The summed E-state index contributed by atoms with van der Waals surface area (Å²) in [4.78, 5) is 15.6. The number of nitrogens with one attached hydrogen (secondary N) is 1. The molecule has 1 aliphatic carbocycles. The number of aromatic hydroxyl groups is 1. The normalized spacial score (nSPS) is 16.2. The number of fused-ring (bicyclic) bond motifs is 1. The van der Waals surface area contributed by atoms with E-state index in [0.717, 1.165) is 79.8 Å². The number of nitrogens with zero attached hydrogens (tertiary/aromatic N) is 1. The van der Waals surface area contributed by atoms with Gasteiger partial charge in [0.1, 0.15) is 5.75 Å². The topological polar surface area (TPSA) is 61.8 Å². The van der Waals surface area contributed by atoms with Gasteiger partial charge < -0.3 is 15.2 Å². The largest absolute Gasteiger partial charge is 0.508 e. The quantitative estimate of drug-likeness (QED) is 0.450. The molecule has 1 amide bonds. The van der Waals surface area contributed by atoms with Gasteiger partial charge in [0, 0.05) is 37.1 Å². The van der Waals surface area contributed by atoms with Gasteiger partial charge in [-0.25, -0.2) is 0 Å². The van der Waals surface area contributed by atoms with E-state index in [2.05, 4.69) is 47.6 Å². The first-order chi connectivity index (χ1) is 17.5. The summed E-state index contributed by atoms with van der Waals surface area (Å²) in [5.41, 5.74) is 7.34. The lowest BCUT2D eigenvalue weighted by Crippen LogP contribution is -2.36. The predicted molar refractivity (Wildman–Crippen MR) is 145 cm³/mol. The first-order valence-corrected chi connectivity index (χ1v) is 12.9. The van der Waals surface area contributed by atoms with Crippen LogP contribution in [0.5, 0.6) is 5.75 Å². The number of ether oxygens (including phenoxy) is 1. The number of hydrogen-bond donors (Lipinski definition) is 2. The average Bonchev–Trinajstić information content (AvgIpc) is 3.13. The predicted octanol–water partition coefficient (Wildman–Crippen LogP) is 6.03. The van der Waals surface area contributed by atoms with Gasteiger partial charge in [-0.1, -0.05) is 36.4 Å². The van der Waals surface area contributed by atoms with E-state index in [-0.39, 0.29) is 11.7 Å². The number of phenols is 1. The molecule has 1 saturated heterocycles. The summed E-state index contributed by atoms with van der Waals surface area (Å²) < 4.78 is 5.48. The summed E-state index contributed by atoms with van der Waals surface area (Å²) in [5, 5.41) is 12.7. The zero-order chi connectivity index (χ0) is 24.9. The van der Waals surface area contributed by atoms with E-state index in [0.29, 0.717) is 6.04 Å². The molecule has 1 heterocycles. The van der Waals surface area contributed by atoms with Gasteiger partial charge >= 0.3 is 0 Å². The smallest absolute Gasteiger partial charge is 0.251 e. The Morgan fingerprint density at radius 3 is 2.44 bits per heavy atom. The molecule has 2 N–H and O–H groups in total. The molecule has 36 heavy (non-hydrogen) atoms. The second kappa shape index (κ2) is 11.1. The van der Waals surface area contributed by atoms with Crippen LogP contribution in [0.3, 0.4) is 0 Å². The zero-order valence-electron chi connectivity index (χ0n) is 20.9. The van der Waals surface area contributed by atoms with Gasteiger partial charge in [-0.3, -0.25) is 9.69 Å². The highest BCUT2D eigenvalue weighted by Gasteiger charge is 2.19. The van der Waals surface area contributed by atoms with E-state index < -0.39 is 0 Å². The fourth-order valence-electron chi connectivity index (χ4n) is 5.15. The van der Waals surface area contributed by atoms with Crippen LogP contribution in [-0.4, -0.2) is 42.2 Å². The number of anilines is 1. The van der Waals surface area contributed by atoms with Crippen molar-refractivity contribution >= 4 is 17.7 Å². The summed E-state index contributed by atoms with van der Waals surface area (Å²) >= 11 is 0. The van der Waals surface area contributed by atoms with Crippen molar-refractivity contribution in [3.63, 3.8) is 0 Å². The molecule has 1 aliphatic heterocycles. The van der Waals surface area contributed by atoms with E-state index in [9.17, 15) is 9.90 Å². The summed E-state index contributed by atoms with van der Waals surface area (Å²) in [6, 6.07) is 22.4. The van der Waals surface area contributed by atoms with Crippen LogP contribution < -0.4 is 5.32 Å². The number of hydrogen-bond acceptors (Lipinski definition) is 4. The van der Waals surface area contributed by atoms with Crippen LogP contribution in [0.15, 0.2) is 72.3 Å². The molecular formula is C31H34N2O3. The van der Waals surface area contributed by atoms with Crippen LogP contribution >= 0.6 is 0 Å². The van der Waals surface area contributed by atoms with Gasteiger partial charge in [-0.15, -0.1) is 0 Å². The second-order valence-electron chi connectivity index (χ2n) is 9.89. The van der Waals surface area contributed by atoms with Crippen molar-refractivity contribution in [2.45, 2.75) is 44.7 Å². The van der Waals surface area contributed by atoms with Gasteiger partial charge in [0.05, 0.1) is 0 Å². The standard InChI is InChI=1S/C31H34N2O3/c1-33(29-15-17-36-18-16-29)21-22-5-11-28(12-6-22)32-31(35)26-4-2-3-23-7-8-25(19-27(23)20-26)24-9-13-30(34)14-10-24/h5-14,19-20,29,34H,2-4,15-18,21H2,1H3,(H,32,35). The van der Waals surface area contributed by atoms with Crippen LogP contribution in [0, 0.1) is 0 Å². The molecule has 5 rings (SSSR count). The molecule has 2 aliphatic rings. The third-order valence-corrected chi connectivity index (χ3v) is 7.32. The van der Waals surface area contributed by atoms with Crippen LogP contribution in [0.25, 0.3) is 17.2 Å². The van der Waals surface area contributed by atoms with Gasteiger partial charge in [-0.05, 0) is 103 Å². The molecule has 5 nitrogen and oxygen atoms in total. The number of phenolic OH excluding ortho intramolecular Hbond substituents is 1. The monoisotopic (exact) mass is 482 g/mol. The lowest BCUT2D eigenvalue weighted by molar-refractivity contribution is -0.112. The SMILES string of the molecule is CN(Cc1ccc(NC(=O)C2=Cc3cc(-c4ccc(O)cc4)ccc3CCC2)cc1)C1CCOCC1. The number of rotatable bonds is 6. The fourth-order valence-corrected chi connectivity index (χ4v) is 5.15. The molecule has 0 saturated carbocycles. The van der Waals surface area contributed by atoms with E-state index in [1.54, 1.807) is 12.1 Å². The highest BCUT2D eigenvalue weighted by Crippen LogP contribution is 2.30. The van der Waals surface area contributed by atoms with E-state index in [4.69, 9.17) is 4.74 Å². The minimum Gasteiger partial charge on any atom is -0.508 e. The maximum Gasteiger partial charge on any atom is 0.251 e. The maximum atomic E-state index is 13.2. The lowest BCUT2D eigenvalue weighted by Gasteiger charge is -2.31. The lowest BCUT2D eigenvalue weighted by atomic mass is 9.97. The van der Waals surface area contributed by atoms with Crippen molar-refractivity contribution in [1.29, 1.82) is 0 Å². The van der Waals surface area contributed by atoms with Crippen molar-refractivity contribution in [1.82, 2.24) is 4.90 Å². The molecule has 3 aromatic rings. The van der Waals surface area contributed by atoms with Crippen LogP contribution in [0.4, 0.5) is 5.69 Å². The molecule has 186 valence electrons. The molecule has 0 aromatic heterocycles. The zero-order valence-corrected chi connectivity index (χ0v) is 20.9. The molecule has 0 bridgehead atoms. The van der Waals surface area contributed by atoms with Gasteiger partial charge in [-0.2, -0.15) is 0 Å². The Kier molecular flexibility index (Phi) is 7.49. The molecule has 0 atom stereocenters. The minimum atomic E-state index is -0.0371. The Bertz CT molecular complexity index is 1230. The maximum absolute atomic E-state index is 13.2. The van der Waals surface area contributed by atoms with Crippen molar-refractivity contribution in [3.8, 4) is 16.9 Å². The van der Waals surface area contributed by atoms with Crippen molar-refractivity contribution < 1.29 is 14.6 Å². The molecule has 5 heteroatoms. The molecule has 3 aromatic carbocycles. The van der Waals surface area contributed by atoms with Crippen molar-refractivity contribution in [2.75, 3.05) is 25.6 Å². The van der Waals surface area contributed by atoms with Gasteiger partial charge in [0.15, 0.2) is 0 Å². The summed E-state index contributed by atoms with van der Waals surface area (Å²) in [6.45, 7) is 2.58. The Hall–Kier alpha value is -3.41. The molecule has 1 fully saturated rings. The third-order valence-electron chi connectivity index (χ3n) is 7.32. The summed E-state index contributed by atoms with van der Waals surface area (Å²) in [6.07, 6.45) is 6.86. The highest BCUT2D eigenvalue weighted by molar-refractivity contribution is 6.07. The summed E-state index contributed by atoms with van der Waals surface area (Å²) in [7, 11) is 2.18. The van der Waals surface area contributed by atoms with Crippen LogP contribution in [0.2, 0.25) is 0 Å². The van der Waals surface area contributed by atoms with E-state index in [1.807, 2.05) is 30.3 Å². The molecular weight excluding hydrogens is 448 g/mol. The highest BCUT2D eigenvalue weighted by atomic mass is 16.5. The third kappa shape index (κ3) is 5.86. The van der Waals surface area contributed by atoms with Gasteiger partial charge in [0.25, 0.3) is 5.91 Å². The Labute approximate surface area is 213 Å². The Morgan fingerprint density at radius 2 is 1.69 bits per heavy atom. The van der Waals surface area contributed by atoms with Crippen molar-refractivity contribution in [3.05, 3.63) is 89.0 Å². The van der Waals surface area contributed by atoms with Crippen LogP contribution in [-0.2, 0) is 22.5 Å². The Morgan fingerprint density at radius 1 is 0.972 bits per heavy atom. The van der Waals surface area contributed by atoms with Gasteiger partial charge in [0.2, 0.25) is 0 Å². The van der Waals surface area contributed by atoms with E-state index >= 15 is 0 Å². The molecule has 0 unspecified atom stereocenters. The van der Waals surface area contributed by atoms with E-state index in [1.165, 1.54) is 11.1 Å². The van der Waals surface area contributed by atoms with Crippen molar-refractivity contribution in [2.24, 2.45) is 0 Å². The molecule has 0 radical (unpaired) electrons. The fraction of sp³-hybridized carbons (Fsp3) is 0.323. The number of carbonyl (C=O) groups excluding carboxylic acids is 1.